The molecule has 24 heavy (non-hydrogen) atoms. The van der Waals surface area contributed by atoms with E-state index in [-0.39, 0.29) is 12.6 Å². The molecule has 6 heteroatoms. The molecule has 1 aromatic heterocycles. The summed E-state index contributed by atoms with van der Waals surface area (Å²) in [5.41, 5.74) is 2.40. The number of rotatable bonds is 5. The summed E-state index contributed by atoms with van der Waals surface area (Å²) >= 11 is 0. The van der Waals surface area contributed by atoms with Crippen LogP contribution in [0.15, 0.2) is 42.7 Å². The van der Waals surface area contributed by atoms with Crippen molar-refractivity contribution in [3.8, 4) is 0 Å². The predicted molar refractivity (Wildman–Crippen MR) is 88.7 cm³/mol. The lowest BCUT2D eigenvalue weighted by Crippen LogP contribution is -2.15. The maximum Gasteiger partial charge on any atom is 0.161 e. The Morgan fingerprint density at radius 2 is 1.88 bits per heavy atom. The summed E-state index contributed by atoms with van der Waals surface area (Å²) in [6.07, 6.45) is 1.76. The second kappa shape index (κ2) is 6.88. The molecule has 1 unspecified atom stereocenters. The molecule has 0 amide bonds. The first-order valence-electron chi connectivity index (χ1n) is 7.63. The second-order valence-corrected chi connectivity index (χ2v) is 5.57. The number of nitrogens with one attached hydrogen (secondary N) is 1. The minimum absolute atomic E-state index is 0.0159. The Morgan fingerprint density at radius 1 is 1.12 bits per heavy atom. The minimum Gasteiger partial charge on any atom is -0.396 e. The molecule has 1 heterocycles. The molecule has 0 aliphatic carbocycles. The average molecular weight is 329 g/mol. The minimum atomic E-state index is -0.949. The SMILES string of the molecule is Cc1ccccc1C(CCO)Nc1ncnc2cc(F)c(F)cc12. The van der Waals surface area contributed by atoms with Gasteiger partial charge in [-0.25, -0.2) is 18.7 Å². The van der Waals surface area contributed by atoms with Gasteiger partial charge in [-0.1, -0.05) is 24.3 Å². The van der Waals surface area contributed by atoms with Gasteiger partial charge in [-0.15, -0.1) is 0 Å². The fraction of sp³-hybridized carbons (Fsp3) is 0.222. The van der Waals surface area contributed by atoms with Crippen LogP contribution in [0.1, 0.15) is 23.6 Å². The number of anilines is 1. The average Bonchev–Trinajstić information content (AvgIpc) is 2.57. The van der Waals surface area contributed by atoms with Crippen LogP contribution in [0.4, 0.5) is 14.6 Å². The van der Waals surface area contributed by atoms with Crippen LogP contribution in [0, 0.1) is 18.6 Å². The van der Waals surface area contributed by atoms with E-state index in [2.05, 4.69) is 15.3 Å². The molecule has 124 valence electrons. The highest BCUT2D eigenvalue weighted by Crippen LogP contribution is 2.28. The van der Waals surface area contributed by atoms with Crippen molar-refractivity contribution < 1.29 is 13.9 Å². The Bertz CT molecular complexity index is 870. The Hall–Kier alpha value is -2.60. The van der Waals surface area contributed by atoms with Gasteiger partial charge in [0.1, 0.15) is 12.1 Å². The standard InChI is InChI=1S/C18H17F2N3O/c1-11-4-2-3-5-12(11)16(6-7-24)23-18-13-8-14(19)15(20)9-17(13)21-10-22-18/h2-5,8-10,16,24H,6-7H2,1H3,(H,21,22,23). The summed E-state index contributed by atoms with van der Waals surface area (Å²) in [5, 5.41) is 13.0. The lowest BCUT2D eigenvalue weighted by Gasteiger charge is -2.21. The second-order valence-electron chi connectivity index (χ2n) is 5.57. The van der Waals surface area contributed by atoms with Crippen LogP contribution >= 0.6 is 0 Å². The summed E-state index contributed by atoms with van der Waals surface area (Å²) in [6.45, 7) is 1.96. The molecule has 2 N–H and O–H groups in total. The van der Waals surface area contributed by atoms with E-state index in [1.165, 1.54) is 6.33 Å². The van der Waals surface area contributed by atoms with Crippen LogP contribution in [0.25, 0.3) is 10.9 Å². The summed E-state index contributed by atoms with van der Waals surface area (Å²) in [6, 6.07) is 9.73. The van der Waals surface area contributed by atoms with Crippen molar-refractivity contribution in [3.05, 3.63) is 65.5 Å². The monoisotopic (exact) mass is 329 g/mol. The van der Waals surface area contributed by atoms with Crippen LogP contribution in [0.5, 0.6) is 0 Å². The van der Waals surface area contributed by atoms with E-state index in [0.29, 0.717) is 23.1 Å². The maximum absolute atomic E-state index is 13.6. The fourth-order valence-corrected chi connectivity index (χ4v) is 2.74. The van der Waals surface area contributed by atoms with Crippen molar-refractivity contribution in [1.29, 1.82) is 0 Å². The first-order chi connectivity index (χ1) is 11.6. The van der Waals surface area contributed by atoms with E-state index >= 15 is 0 Å². The number of fused-ring (bicyclic) bond motifs is 1. The summed E-state index contributed by atoms with van der Waals surface area (Å²) in [7, 11) is 0. The van der Waals surface area contributed by atoms with Gasteiger partial charge in [0.05, 0.1) is 11.6 Å². The number of halogens is 2. The van der Waals surface area contributed by atoms with E-state index in [1.54, 1.807) is 0 Å². The van der Waals surface area contributed by atoms with Crippen molar-refractivity contribution in [2.75, 3.05) is 11.9 Å². The molecule has 0 spiro atoms. The zero-order valence-corrected chi connectivity index (χ0v) is 13.1. The first-order valence-corrected chi connectivity index (χ1v) is 7.63. The number of nitrogens with zero attached hydrogens (tertiary/aromatic N) is 2. The van der Waals surface area contributed by atoms with Crippen LogP contribution in [0.3, 0.4) is 0 Å². The van der Waals surface area contributed by atoms with Crippen molar-refractivity contribution in [2.24, 2.45) is 0 Å². The third-order valence-corrected chi connectivity index (χ3v) is 3.97. The van der Waals surface area contributed by atoms with E-state index in [1.807, 2.05) is 31.2 Å². The zero-order valence-electron chi connectivity index (χ0n) is 13.1. The third-order valence-electron chi connectivity index (χ3n) is 3.97. The zero-order chi connectivity index (χ0) is 17.1. The molecule has 0 aliphatic rings. The highest BCUT2D eigenvalue weighted by Gasteiger charge is 2.16. The maximum atomic E-state index is 13.6. The molecule has 0 aliphatic heterocycles. The Balaban J connectivity index is 2.03. The summed E-state index contributed by atoms with van der Waals surface area (Å²) in [5.74, 6) is -1.49. The molecule has 0 saturated carbocycles. The molecule has 3 aromatic rings. The van der Waals surface area contributed by atoms with Gasteiger partial charge < -0.3 is 10.4 Å². The van der Waals surface area contributed by atoms with E-state index in [4.69, 9.17) is 0 Å². The molecule has 0 bridgehead atoms. The molecule has 2 aromatic carbocycles. The first kappa shape index (κ1) is 16.3. The summed E-state index contributed by atoms with van der Waals surface area (Å²) < 4.78 is 27.0. The number of benzene rings is 2. The molecule has 3 rings (SSSR count). The molecule has 0 radical (unpaired) electrons. The van der Waals surface area contributed by atoms with Crippen LogP contribution in [-0.2, 0) is 0 Å². The highest BCUT2D eigenvalue weighted by molar-refractivity contribution is 5.89. The topological polar surface area (TPSA) is 58.0 Å². The Kier molecular flexibility index (Phi) is 4.66. The fourth-order valence-electron chi connectivity index (χ4n) is 2.74. The third kappa shape index (κ3) is 3.19. The predicted octanol–water partition coefficient (Wildman–Crippen LogP) is 3.75. The number of aliphatic hydroxyl groups excluding tert-OH is 1. The Morgan fingerprint density at radius 3 is 2.62 bits per heavy atom. The van der Waals surface area contributed by atoms with Gasteiger partial charge in [0.25, 0.3) is 0 Å². The van der Waals surface area contributed by atoms with Crippen molar-refractivity contribution in [1.82, 2.24) is 9.97 Å². The lowest BCUT2D eigenvalue weighted by atomic mass is 9.99. The molecule has 4 nitrogen and oxygen atoms in total. The molecule has 1 atom stereocenters. The van der Waals surface area contributed by atoms with Crippen molar-refractivity contribution >= 4 is 16.7 Å². The van der Waals surface area contributed by atoms with Crippen molar-refractivity contribution in [3.63, 3.8) is 0 Å². The molecular formula is C18H17F2N3O. The highest BCUT2D eigenvalue weighted by atomic mass is 19.2. The number of aliphatic hydroxyl groups is 1. The van der Waals surface area contributed by atoms with E-state index < -0.39 is 11.6 Å². The van der Waals surface area contributed by atoms with Crippen LogP contribution in [0.2, 0.25) is 0 Å². The van der Waals surface area contributed by atoms with Gasteiger partial charge in [0.2, 0.25) is 0 Å². The van der Waals surface area contributed by atoms with Gasteiger partial charge in [0.15, 0.2) is 11.6 Å². The Labute approximate surface area is 138 Å². The van der Waals surface area contributed by atoms with Crippen molar-refractivity contribution in [2.45, 2.75) is 19.4 Å². The van der Waals surface area contributed by atoms with Gasteiger partial charge in [-0.3, -0.25) is 0 Å². The largest absolute Gasteiger partial charge is 0.396 e. The number of hydrogen-bond acceptors (Lipinski definition) is 4. The smallest absolute Gasteiger partial charge is 0.161 e. The van der Waals surface area contributed by atoms with Gasteiger partial charge in [-0.2, -0.15) is 0 Å². The molecule has 0 saturated heterocycles. The lowest BCUT2D eigenvalue weighted by molar-refractivity contribution is 0.280. The van der Waals surface area contributed by atoms with Crippen LogP contribution in [-0.4, -0.2) is 21.7 Å². The van der Waals surface area contributed by atoms with Gasteiger partial charge in [-0.05, 0) is 30.5 Å². The summed E-state index contributed by atoms with van der Waals surface area (Å²) in [4.78, 5) is 8.14. The number of aryl methyl sites for hydroxylation is 1. The number of hydrogen-bond donors (Lipinski definition) is 2. The number of aromatic nitrogens is 2. The van der Waals surface area contributed by atoms with Crippen LogP contribution < -0.4 is 5.32 Å². The van der Waals surface area contributed by atoms with E-state index in [9.17, 15) is 13.9 Å². The normalized spacial score (nSPS) is 12.3. The molecular weight excluding hydrogens is 312 g/mol. The quantitative estimate of drug-likeness (QED) is 0.748. The van der Waals surface area contributed by atoms with Gasteiger partial charge in [0, 0.05) is 18.1 Å². The molecule has 0 fully saturated rings. The van der Waals surface area contributed by atoms with Gasteiger partial charge >= 0.3 is 0 Å². The van der Waals surface area contributed by atoms with E-state index in [0.717, 1.165) is 23.3 Å².